The molecule has 2 N–H and O–H groups in total. The van der Waals surface area contributed by atoms with E-state index in [4.69, 9.17) is 5.73 Å². The third-order valence-corrected chi connectivity index (χ3v) is 4.03. The molecule has 0 atom stereocenters. The second kappa shape index (κ2) is 5.28. The van der Waals surface area contributed by atoms with Crippen LogP contribution in [0.25, 0.3) is 11.3 Å². The number of rotatable bonds is 4. The number of nitrogens with zero attached hydrogens (tertiary/aromatic N) is 2. The average Bonchev–Trinajstić information content (AvgIpc) is 2.68. The number of hydrogen-bond acceptors (Lipinski definition) is 4. The van der Waals surface area contributed by atoms with Crippen molar-refractivity contribution in [1.29, 1.82) is 0 Å². The summed E-state index contributed by atoms with van der Waals surface area (Å²) in [4.78, 5) is 0.293. The molecule has 0 radical (unpaired) electrons. The molecule has 2 rings (SSSR count). The maximum atomic E-state index is 11.4. The predicted octanol–water partition coefficient (Wildman–Crippen LogP) is 2.19. The zero-order chi connectivity index (χ0) is 14.9. The summed E-state index contributed by atoms with van der Waals surface area (Å²) in [5.41, 5.74) is 8.07. The van der Waals surface area contributed by atoms with E-state index in [9.17, 15) is 8.42 Å². The van der Waals surface area contributed by atoms with Crippen LogP contribution in [-0.2, 0) is 16.4 Å². The fourth-order valence-corrected chi connectivity index (χ4v) is 2.62. The summed E-state index contributed by atoms with van der Waals surface area (Å²) in [5, 5.41) is 4.45. The van der Waals surface area contributed by atoms with Gasteiger partial charge in [0.05, 0.1) is 10.6 Å². The van der Waals surface area contributed by atoms with Crippen molar-refractivity contribution < 1.29 is 8.42 Å². The Morgan fingerprint density at radius 3 is 2.35 bits per heavy atom. The summed E-state index contributed by atoms with van der Waals surface area (Å²) in [5.74, 6) is 0.481. The summed E-state index contributed by atoms with van der Waals surface area (Å²) in [6.07, 6.45) is 2.99. The molecule has 0 saturated heterocycles. The first-order valence-electron chi connectivity index (χ1n) is 6.41. The molecule has 1 aromatic heterocycles. The van der Waals surface area contributed by atoms with Crippen molar-refractivity contribution >= 4 is 15.5 Å². The number of anilines is 1. The molecule has 0 aliphatic heterocycles. The van der Waals surface area contributed by atoms with Crippen molar-refractivity contribution in [3.63, 3.8) is 0 Å². The molecule has 0 spiro atoms. The van der Waals surface area contributed by atoms with Crippen LogP contribution in [0.5, 0.6) is 0 Å². The Kier molecular flexibility index (Phi) is 3.85. The van der Waals surface area contributed by atoms with E-state index in [1.807, 2.05) is 4.68 Å². The molecule has 0 unspecified atom stereocenters. The summed E-state index contributed by atoms with van der Waals surface area (Å²) >= 11 is 0. The normalized spacial score (nSPS) is 12.0. The molecule has 0 aliphatic carbocycles. The number of hydrogen-bond donors (Lipinski definition) is 1. The molecule has 0 fully saturated rings. The molecule has 0 amide bonds. The maximum Gasteiger partial charge on any atom is 0.175 e. The summed E-state index contributed by atoms with van der Waals surface area (Å²) < 4.78 is 24.7. The highest BCUT2D eigenvalue weighted by Gasteiger charge is 2.11. The third-order valence-electron chi connectivity index (χ3n) is 2.90. The monoisotopic (exact) mass is 293 g/mol. The largest absolute Gasteiger partial charge is 0.396 e. The van der Waals surface area contributed by atoms with E-state index in [-0.39, 0.29) is 0 Å². The van der Waals surface area contributed by atoms with Gasteiger partial charge in [-0.05, 0) is 18.1 Å². The van der Waals surface area contributed by atoms with E-state index in [2.05, 4.69) is 18.9 Å². The van der Waals surface area contributed by atoms with Crippen molar-refractivity contribution in [1.82, 2.24) is 9.78 Å². The molecule has 20 heavy (non-hydrogen) atoms. The van der Waals surface area contributed by atoms with Gasteiger partial charge in [-0.1, -0.05) is 26.0 Å². The van der Waals surface area contributed by atoms with Crippen molar-refractivity contribution in [2.24, 2.45) is 5.92 Å². The number of benzene rings is 1. The predicted molar refractivity (Wildman–Crippen MR) is 80.0 cm³/mol. The van der Waals surface area contributed by atoms with Gasteiger partial charge in [-0.25, -0.2) is 8.42 Å². The van der Waals surface area contributed by atoms with Gasteiger partial charge in [0.1, 0.15) is 5.69 Å². The minimum Gasteiger partial charge on any atom is -0.396 e. The zero-order valence-corrected chi connectivity index (χ0v) is 12.7. The average molecular weight is 293 g/mol. The quantitative estimate of drug-likeness (QED) is 0.937. The van der Waals surface area contributed by atoms with Gasteiger partial charge in [0.15, 0.2) is 9.84 Å². The van der Waals surface area contributed by atoms with Gasteiger partial charge >= 0.3 is 0 Å². The van der Waals surface area contributed by atoms with E-state index in [1.54, 1.807) is 30.5 Å². The Morgan fingerprint density at radius 2 is 1.85 bits per heavy atom. The van der Waals surface area contributed by atoms with Crippen LogP contribution in [0.3, 0.4) is 0 Å². The van der Waals surface area contributed by atoms with Crippen molar-refractivity contribution in [2.45, 2.75) is 25.3 Å². The molecule has 2 aromatic rings. The molecule has 0 saturated carbocycles. The number of nitrogens with two attached hydrogens (primary N) is 1. The van der Waals surface area contributed by atoms with Gasteiger partial charge in [0, 0.05) is 24.6 Å². The van der Waals surface area contributed by atoms with Crippen LogP contribution in [0.1, 0.15) is 13.8 Å². The minimum atomic E-state index is -3.18. The smallest absolute Gasteiger partial charge is 0.175 e. The van der Waals surface area contributed by atoms with E-state index >= 15 is 0 Å². The molecule has 0 aliphatic rings. The zero-order valence-electron chi connectivity index (χ0n) is 11.9. The molecule has 0 bridgehead atoms. The highest BCUT2D eigenvalue weighted by molar-refractivity contribution is 7.90. The van der Waals surface area contributed by atoms with Gasteiger partial charge in [-0.15, -0.1) is 0 Å². The SMILES string of the molecule is CC(C)Cn1cc(N)c(-c2ccc(S(C)(=O)=O)cc2)n1. The standard InChI is InChI=1S/C14H19N3O2S/c1-10(2)8-17-9-13(15)14(16-17)11-4-6-12(7-5-11)20(3,18)19/h4-7,9-10H,8,15H2,1-3H3. The maximum absolute atomic E-state index is 11.4. The first-order chi connectivity index (χ1) is 9.27. The molecular formula is C14H19N3O2S. The van der Waals surface area contributed by atoms with E-state index in [0.717, 1.165) is 12.1 Å². The Bertz CT molecular complexity index is 701. The van der Waals surface area contributed by atoms with Gasteiger partial charge in [0.2, 0.25) is 0 Å². The second-order valence-corrected chi connectivity index (χ2v) is 7.36. The van der Waals surface area contributed by atoms with Crippen molar-refractivity contribution in [3.05, 3.63) is 30.5 Å². The van der Waals surface area contributed by atoms with Gasteiger partial charge in [-0.2, -0.15) is 5.10 Å². The van der Waals surface area contributed by atoms with Crippen LogP contribution in [0.15, 0.2) is 35.4 Å². The van der Waals surface area contributed by atoms with Gasteiger partial charge in [-0.3, -0.25) is 4.68 Å². The van der Waals surface area contributed by atoms with E-state index in [1.165, 1.54) is 6.26 Å². The lowest BCUT2D eigenvalue weighted by molar-refractivity contribution is 0.484. The Balaban J connectivity index is 2.35. The first kappa shape index (κ1) is 14.6. The topological polar surface area (TPSA) is 78.0 Å². The molecular weight excluding hydrogens is 274 g/mol. The van der Waals surface area contributed by atoms with Crippen LogP contribution < -0.4 is 5.73 Å². The Labute approximate surface area is 119 Å². The van der Waals surface area contributed by atoms with Crippen LogP contribution >= 0.6 is 0 Å². The van der Waals surface area contributed by atoms with Gasteiger partial charge in [0.25, 0.3) is 0 Å². The Morgan fingerprint density at radius 1 is 1.25 bits per heavy atom. The van der Waals surface area contributed by atoms with Crippen LogP contribution in [0.4, 0.5) is 5.69 Å². The second-order valence-electron chi connectivity index (χ2n) is 5.35. The highest BCUT2D eigenvalue weighted by atomic mass is 32.2. The highest BCUT2D eigenvalue weighted by Crippen LogP contribution is 2.25. The fraction of sp³-hybridized carbons (Fsp3) is 0.357. The lowest BCUT2D eigenvalue weighted by atomic mass is 10.1. The van der Waals surface area contributed by atoms with Crippen molar-refractivity contribution in [2.75, 3.05) is 12.0 Å². The number of sulfone groups is 1. The third kappa shape index (κ3) is 3.19. The van der Waals surface area contributed by atoms with Crippen LogP contribution in [-0.4, -0.2) is 24.5 Å². The molecule has 1 heterocycles. The lowest BCUT2D eigenvalue weighted by Crippen LogP contribution is -2.04. The molecule has 1 aromatic carbocycles. The van der Waals surface area contributed by atoms with E-state index in [0.29, 0.717) is 22.2 Å². The fourth-order valence-electron chi connectivity index (χ4n) is 1.99. The summed E-state index contributed by atoms with van der Waals surface area (Å²) in [6, 6.07) is 6.61. The van der Waals surface area contributed by atoms with Crippen molar-refractivity contribution in [3.8, 4) is 11.3 Å². The lowest BCUT2D eigenvalue weighted by Gasteiger charge is -2.04. The van der Waals surface area contributed by atoms with Crippen LogP contribution in [0.2, 0.25) is 0 Å². The van der Waals surface area contributed by atoms with E-state index < -0.39 is 9.84 Å². The summed E-state index contributed by atoms with van der Waals surface area (Å²) in [6.45, 7) is 5.02. The summed E-state index contributed by atoms with van der Waals surface area (Å²) in [7, 11) is -3.18. The molecule has 108 valence electrons. The first-order valence-corrected chi connectivity index (χ1v) is 8.30. The van der Waals surface area contributed by atoms with Crippen LogP contribution in [0, 0.1) is 5.92 Å². The number of nitrogen functional groups attached to an aromatic ring is 1. The van der Waals surface area contributed by atoms with Gasteiger partial charge < -0.3 is 5.73 Å². The number of aromatic nitrogens is 2. The molecule has 6 heteroatoms. The Hall–Kier alpha value is -1.82. The molecule has 5 nitrogen and oxygen atoms in total. The minimum absolute atomic E-state index is 0.293.